The van der Waals surface area contributed by atoms with E-state index in [1.54, 1.807) is 0 Å². The van der Waals surface area contributed by atoms with Gasteiger partial charge in [-0.3, -0.25) is 14.2 Å². The SMILES string of the molecule is O=S(=O)(O)c1cc(/N=N/c2nc[nH]n2)c(O)c2c(S(=O)(=O)O)cccc12. The van der Waals surface area contributed by atoms with Crippen molar-refractivity contribution in [1.29, 1.82) is 0 Å². The summed E-state index contributed by atoms with van der Waals surface area (Å²) in [4.78, 5) is 2.13. The molecular formula is C12H9N5O7S2. The van der Waals surface area contributed by atoms with E-state index in [4.69, 9.17) is 0 Å². The van der Waals surface area contributed by atoms with E-state index in [0.717, 1.165) is 24.3 Å². The number of phenolic OH excluding ortho intramolecular Hbond substituents is 1. The molecule has 4 N–H and O–H groups in total. The number of aromatic hydroxyl groups is 1. The Kier molecular flexibility index (Phi) is 4.19. The van der Waals surface area contributed by atoms with E-state index in [1.165, 1.54) is 6.33 Å². The van der Waals surface area contributed by atoms with Gasteiger partial charge < -0.3 is 5.11 Å². The molecule has 1 heterocycles. The number of nitrogens with zero attached hydrogens (tertiary/aromatic N) is 4. The van der Waals surface area contributed by atoms with Crippen molar-refractivity contribution in [3.8, 4) is 5.75 Å². The molecule has 0 atom stereocenters. The molecule has 0 saturated carbocycles. The van der Waals surface area contributed by atoms with Crippen LogP contribution < -0.4 is 0 Å². The molecule has 0 aliphatic carbocycles. The number of hydrogen-bond donors (Lipinski definition) is 4. The first-order valence-electron chi connectivity index (χ1n) is 6.60. The Morgan fingerprint density at radius 2 is 1.69 bits per heavy atom. The largest absolute Gasteiger partial charge is 0.505 e. The molecule has 0 fully saturated rings. The standard InChI is InChI=1S/C12H9N5O7S2/c18-11-7(15-17-12-13-5-14-16-12)4-9(26(22,23)24)6-2-1-3-8(10(6)11)25(19,20)21/h1-5,18H,(H,13,14,16)(H,19,20,21)(H,22,23,24)/b17-15+. The van der Waals surface area contributed by atoms with E-state index in [0.29, 0.717) is 0 Å². The maximum Gasteiger partial charge on any atom is 0.295 e. The molecule has 0 spiro atoms. The number of phenols is 1. The Morgan fingerprint density at radius 1 is 1.00 bits per heavy atom. The number of azo groups is 1. The summed E-state index contributed by atoms with van der Waals surface area (Å²) in [5.41, 5.74) is -0.494. The van der Waals surface area contributed by atoms with Crippen molar-refractivity contribution in [2.24, 2.45) is 10.2 Å². The molecule has 0 saturated heterocycles. The molecule has 0 aliphatic heterocycles. The second kappa shape index (κ2) is 6.10. The molecule has 26 heavy (non-hydrogen) atoms. The minimum absolute atomic E-state index is 0.152. The number of hydrogen-bond acceptors (Lipinski definition) is 9. The van der Waals surface area contributed by atoms with Gasteiger partial charge >= 0.3 is 0 Å². The molecule has 0 bridgehead atoms. The van der Waals surface area contributed by atoms with Crippen LogP contribution in [0.25, 0.3) is 10.8 Å². The molecule has 0 unspecified atom stereocenters. The number of aromatic amines is 1. The molecule has 3 rings (SSSR count). The average molecular weight is 399 g/mol. The fraction of sp³-hybridized carbons (Fsp3) is 0. The molecule has 14 heteroatoms. The lowest BCUT2D eigenvalue weighted by Gasteiger charge is -2.11. The van der Waals surface area contributed by atoms with Crippen molar-refractivity contribution in [3.63, 3.8) is 0 Å². The first-order chi connectivity index (χ1) is 12.1. The number of nitrogens with one attached hydrogen (secondary N) is 1. The predicted molar refractivity (Wildman–Crippen MR) is 85.8 cm³/mol. The Hall–Kier alpha value is -2.94. The molecule has 1 aromatic heterocycles. The van der Waals surface area contributed by atoms with Gasteiger partial charge in [0.2, 0.25) is 0 Å². The van der Waals surface area contributed by atoms with Gasteiger partial charge in [0.1, 0.15) is 21.8 Å². The number of fused-ring (bicyclic) bond motifs is 1. The van der Waals surface area contributed by atoms with Gasteiger partial charge in [0.05, 0.1) is 0 Å². The van der Waals surface area contributed by atoms with E-state index in [-0.39, 0.29) is 11.3 Å². The van der Waals surface area contributed by atoms with Gasteiger partial charge in [0.25, 0.3) is 26.2 Å². The summed E-state index contributed by atoms with van der Waals surface area (Å²) in [7, 11) is -9.66. The van der Waals surface area contributed by atoms with Crippen molar-refractivity contribution in [2.45, 2.75) is 9.79 Å². The third kappa shape index (κ3) is 3.25. The zero-order valence-corrected chi connectivity index (χ0v) is 14.1. The number of benzene rings is 2. The topological polar surface area (TPSA) is 195 Å². The number of H-pyrrole nitrogens is 1. The van der Waals surface area contributed by atoms with Crippen LogP contribution in [0.15, 0.2) is 50.6 Å². The second-order valence-corrected chi connectivity index (χ2v) is 7.65. The molecular weight excluding hydrogens is 390 g/mol. The lowest BCUT2D eigenvalue weighted by atomic mass is 10.1. The summed E-state index contributed by atoms with van der Waals surface area (Å²) >= 11 is 0. The molecule has 0 amide bonds. The highest BCUT2D eigenvalue weighted by Gasteiger charge is 2.25. The van der Waals surface area contributed by atoms with Crippen molar-refractivity contribution < 1.29 is 31.0 Å². The predicted octanol–water partition coefficient (Wildman–Crippen LogP) is 1.57. The maximum absolute atomic E-state index is 11.7. The van der Waals surface area contributed by atoms with Crippen LogP contribution in [0, 0.1) is 0 Å². The van der Waals surface area contributed by atoms with Crippen molar-refractivity contribution >= 4 is 42.6 Å². The van der Waals surface area contributed by atoms with Crippen LogP contribution >= 0.6 is 0 Å². The van der Waals surface area contributed by atoms with Crippen LogP contribution in [0.5, 0.6) is 5.75 Å². The smallest absolute Gasteiger partial charge is 0.295 e. The average Bonchev–Trinajstić information content (AvgIpc) is 3.05. The van der Waals surface area contributed by atoms with E-state index in [2.05, 4.69) is 25.4 Å². The highest BCUT2D eigenvalue weighted by molar-refractivity contribution is 7.86. The normalized spacial score (nSPS) is 12.8. The molecule has 2 aromatic carbocycles. The van der Waals surface area contributed by atoms with Gasteiger partial charge in [-0.05, 0) is 12.1 Å². The first kappa shape index (κ1) is 17.9. The van der Waals surface area contributed by atoms with E-state index >= 15 is 0 Å². The quantitative estimate of drug-likeness (QED) is 0.372. The van der Waals surface area contributed by atoms with Gasteiger partial charge in [-0.2, -0.15) is 21.8 Å². The van der Waals surface area contributed by atoms with Crippen molar-refractivity contribution in [1.82, 2.24) is 15.2 Å². The van der Waals surface area contributed by atoms with Crippen molar-refractivity contribution in [3.05, 3.63) is 30.6 Å². The molecule has 3 aromatic rings. The summed E-state index contributed by atoms with van der Waals surface area (Å²) in [5, 5.41) is 22.5. The number of rotatable bonds is 4. The Bertz CT molecular complexity index is 1230. The highest BCUT2D eigenvalue weighted by atomic mass is 32.2. The van der Waals surface area contributed by atoms with Gasteiger partial charge in [0, 0.05) is 10.8 Å². The van der Waals surface area contributed by atoms with Crippen molar-refractivity contribution in [2.75, 3.05) is 0 Å². The van der Waals surface area contributed by atoms with Crippen LogP contribution in [0.1, 0.15) is 0 Å². The van der Waals surface area contributed by atoms with Gasteiger partial charge in [-0.25, -0.2) is 0 Å². The highest BCUT2D eigenvalue weighted by Crippen LogP contribution is 2.42. The first-order valence-corrected chi connectivity index (χ1v) is 9.48. The molecule has 12 nitrogen and oxygen atoms in total. The van der Waals surface area contributed by atoms with Crippen LogP contribution in [0.3, 0.4) is 0 Å². The summed E-state index contributed by atoms with van der Waals surface area (Å²) < 4.78 is 65.2. The third-order valence-electron chi connectivity index (χ3n) is 3.24. The molecule has 0 aliphatic rings. The van der Waals surface area contributed by atoms with E-state index < -0.39 is 46.9 Å². The maximum atomic E-state index is 11.7. The molecule has 0 radical (unpaired) electrons. The lowest BCUT2D eigenvalue weighted by molar-refractivity contribution is 0.472. The van der Waals surface area contributed by atoms with E-state index in [9.17, 15) is 31.0 Å². The lowest BCUT2D eigenvalue weighted by Crippen LogP contribution is -2.03. The Morgan fingerprint density at radius 3 is 2.27 bits per heavy atom. The summed E-state index contributed by atoms with van der Waals surface area (Å²) in [6.45, 7) is 0. The van der Waals surface area contributed by atoms with E-state index in [1.807, 2.05) is 0 Å². The zero-order valence-electron chi connectivity index (χ0n) is 12.5. The fourth-order valence-corrected chi connectivity index (χ4v) is 3.66. The van der Waals surface area contributed by atoms with Crippen LogP contribution in [-0.2, 0) is 20.2 Å². The van der Waals surface area contributed by atoms with Crippen LogP contribution in [-0.4, -0.2) is 46.2 Å². The third-order valence-corrected chi connectivity index (χ3v) is 5.03. The number of aromatic nitrogens is 3. The van der Waals surface area contributed by atoms with Gasteiger partial charge in [-0.15, -0.1) is 15.3 Å². The summed E-state index contributed by atoms with van der Waals surface area (Å²) in [5.74, 6) is -0.930. The summed E-state index contributed by atoms with van der Waals surface area (Å²) in [6.07, 6.45) is 1.19. The second-order valence-electron chi connectivity index (χ2n) is 4.87. The fourth-order valence-electron chi connectivity index (χ4n) is 2.23. The molecule has 136 valence electrons. The van der Waals surface area contributed by atoms with Crippen LogP contribution in [0.2, 0.25) is 0 Å². The van der Waals surface area contributed by atoms with Crippen LogP contribution in [0.4, 0.5) is 11.6 Å². The monoisotopic (exact) mass is 399 g/mol. The summed E-state index contributed by atoms with van der Waals surface area (Å²) in [6, 6.07) is 4.01. The van der Waals surface area contributed by atoms with Gasteiger partial charge in [-0.1, -0.05) is 12.1 Å². The van der Waals surface area contributed by atoms with Gasteiger partial charge in [0.15, 0.2) is 5.75 Å². The Labute approximate surface area is 145 Å². The Balaban J connectivity index is 2.42. The minimum atomic E-state index is -4.83. The minimum Gasteiger partial charge on any atom is -0.505 e. The zero-order chi connectivity index (χ0) is 19.1.